The Labute approximate surface area is 135 Å². The fourth-order valence-electron chi connectivity index (χ4n) is 2.94. The van der Waals surface area contributed by atoms with E-state index in [1.54, 1.807) is 6.08 Å². The lowest BCUT2D eigenvalue weighted by Gasteiger charge is -2.29. The van der Waals surface area contributed by atoms with Gasteiger partial charge >= 0.3 is 0 Å². The van der Waals surface area contributed by atoms with Crippen LogP contribution >= 0.6 is 0 Å². The van der Waals surface area contributed by atoms with Crippen LogP contribution in [0.3, 0.4) is 0 Å². The lowest BCUT2D eigenvalue weighted by Crippen LogP contribution is -2.34. The molecule has 0 radical (unpaired) electrons. The van der Waals surface area contributed by atoms with E-state index in [4.69, 9.17) is 10.5 Å². The van der Waals surface area contributed by atoms with Crippen molar-refractivity contribution in [1.29, 1.82) is 0 Å². The van der Waals surface area contributed by atoms with E-state index in [-0.39, 0.29) is 36.6 Å². The second-order valence-corrected chi connectivity index (χ2v) is 5.56. The Morgan fingerprint density at radius 3 is 3.04 bits per heavy atom. The number of nitrogen functional groups attached to an aromatic ring is 1. The first-order chi connectivity index (χ1) is 11.5. The molecular weight excluding hydrogens is 318 g/mol. The zero-order valence-corrected chi connectivity index (χ0v) is 12.6. The minimum atomic E-state index is -1.14. The van der Waals surface area contributed by atoms with Gasteiger partial charge in [-0.1, -0.05) is 6.08 Å². The van der Waals surface area contributed by atoms with Gasteiger partial charge in [-0.2, -0.15) is 4.98 Å². The third-order valence-electron chi connectivity index (χ3n) is 4.02. The van der Waals surface area contributed by atoms with Gasteiger partial charge in [-0.15, -0.1) is 0 Å². The van der Waals surface area contributed by atoms with Gasteiger partial charge in [0.05, 0.1) is 19.0 Å². The highest BCUT2D eigenvalue weighted by Gasteiger charge is 2.47. The number of hydrogen-bond donors (Lipinski definition) is 4. The van der Waals surface area contributed by atoms with E-state index in [9.17, 15) is 19.8 Å². The predicted octanol–water partition coefficient (Wildman–Crippen LogP) is -1.36. The summed E-state index contributed by atoms with van der Waals surface area (Å²) >= 11 is 0. The molecule has 10 heteroatoms. The first-order valence-electron chi connectivity index (χ1n) is 7.31. The molecule has 0 saturated carbocycles. The number of carbonyl (C=O) groups is 1. The number of allylic oxidation sites excluding steroid dienone is 1. The molecule has 0 bridgehead atoms. The van der Waals surface area contributed by atoms with Crippen molar-refractivity contribution in [1.82, 2.24) is 19.5 Å². The Morgan fingerprint density at radius 2 is 2.38 bits per heavy atom. The number of aromatic nitrogens is 4. The van der Waals surface area contributed by atoms with Gasteiger partial charge < -0.3 is 20.7 Å². The third kappa shape index (κ3) is 2.60. The van der Waals surface area contributed by atoms with E-state index in [2.05, 4.69) is 15.0 Å². The topological polar surface area (TPSA) is 156 Å². The molecule has 3 heterocycles. The second kappa shape index (κ2) is 6.15. The number of imidazole rings is 1. The van der Waals surface area contributed by atoms with Gasteiger partial charge in [-0.05, 0) is 6.08 Å². The lowest BCUT2D eigenvalue weighted by atomic mass is 10.0. The van der Waals surface area contributed by atoms with Gasteiger partial charge in [-0.25, -0.2) is 4.98 Å². The lowest BCUT2D eigenvalue weighted by molar-refractivity contribution is -0.113. The number of rotatable bonds is 5. The highest BCUT2D eigenvalue weighted by Crippen LogP contribution is 2.39. The maximum atomic E-state index is 11.9. The number of nitrogens with zero attached hydrogens (tertiary/aromatic N) is 3. The predicted molar refractivity (Wildman–Crippen MR) is 82.9 cm³/mol. The molecule has 1 aliphatic rings. The van der Waals surface area contributed by atoms with E-state index in [0.29, 0.717) is 6.29 Å². The molecule has 128 valence electrons. The second-order valence-electron chi connectivity index (χ2n) is 5.56. The standard InChI is InChI=1S/C14H17N5O5/c15-13-17-11-10(12(23)18-13)16-7-19(11)14(3-1-2-4-20)5-8(22)9(6-21)24-14/h1-2,4,7-9,21-22H,3,5-6H2,(H3,15,17,18,23)/b2-1+/t8-,9+,14+/m0/s1. The summed E-state index contributed by atoms with van der Waals surface area (Å²) in [4.78, 5) is 33.0. The summed E-state index contributed by atoms with van der Waals surface area (Å²) in [5, 5.41) is 19.5. The molecule has 0 spiro atoms. The first kappa shape index (κ1) is 16.3. The number of nitrogens with one attached hydrogen (secondary N) is 1. The Hall–Kier alpha value is -2.56. The molecule has 3 atom stereocenters. The number of aliphatic hydroxyl groups excluding tert-OH is 2. The summed E-state index contributed by atoms with van der Waals surface area (Å²) in [5.74, 6) is -0.0786. The number of anilines is 1. The molecule has 0 unspecified atom stereocenters. The number of hydrogen-bond acceptors (Lipinski definition) is 8. The summed E-state index contributed by atoms with van der Waals surface area (Å²) in [6.07, 6.45) is 3.48. The van der Waals surface area contributed by atoms with E-state index < -0.39 is 23.5 Å². The molecule has 2 aromatic heterocycles. The zero-order valence-electron chi connectivity index (χ0n) is 12.6. The first-order valence-corrected chi connectivity index (χ1v) is 7.31. The van der Waals surface area contributed by atoms with Crippen molar-refractivity contribution in [2.75, 3.05) is 12.3 Å². The molecule has 3 rings (SSSR count). The Balaban J connectivity index is 2.15. The highest BCUT2D eigenvalue weighted by molar-refractivity contribution is 5.71. The number of nitrogens with two attached hydrogens (primary N) is 1. The molecule has 1 saturated heterocycles. The fraction of sp³-hybridized carbons (Fsp3) is 0.429. The number of H-pyrrole nitrogens is 1. The highest BCUT2D eigenvalue weighted by atomic mass is 16.6. The molecule has 24 heavy (non-hydrogen) atoms. The molecule has 2 aromatic rings. The van der Waals surface area contributed by atoms with Crippen LogP contribution in [-0.4, -0.2) is 54.8 Å². The maximum Gasteiger partial charge on any atom is 0.280 e. The Bertz CT molecular complexity index is 844. The number of aliphatic hydroxyl groups is 2. The van der Waals surface area contributed by atoms with Crippen LogP contribution in [-0.2, 0) is 15.3 Å². The normalized spacial score (nSPS) is 27.2. The van der Waals surface area contributed by atoms with E-state index >= 15 is 0 Å². The van der Waals surface area contributed by atoms with Gasteiger partial charge in [0.1, 0.15) is 12.4 Å². The number of aldehydes is 1. The van der Waals surface area contributed by atoms with Crippen molar-refractivity contribution < 1.29 is 19.7 Å². The zero-order chi connectivity index (χ0) is 17.3. The molecule has 0 aliphatic carbocycles. The van der Waals surface area contributed by atoms with Crippen LogP contribution < -0.4 is 11.3 Å². The van der Waals surface area contributed by atoms with Crippen LogP contribution in [0, 0.1) is 0 Å². The Morgan fingerprint density at radius 1 is 1.58 bits per heavy atom. The van der Waals surface area contributed by atoms with Crippen molar-refractivity contribution >= 4 is 23.4 Å². The third-order valence-corrected chi connectivity index (χ3v) is 4.02. The monoisotopic (exact) mass is 335 g/mol. The quantitative estimate of drug-likeness (QED) is 0.385. The Kier molecular flexibility index (Phi) is 4.18. The summed E-state index contributed by atoms with van der Waals surface area (Å²) in [6, 6.07) is 0. The van der Waals surface area contributed by atoms with Gasteiger partial charge in [0.25, 0.3) is 5.56 Å². The van der Waals surface area contributed by atoms with Crippen molar-refractivity contribution in [3.63, 3.8) is 0 Å². The minimum absolute atomic E-state index is 0.0773. The smallest absolute Gasteiger partial charge is 0.280 e. The number of carbonyl (C=O) groups excluding carboxylic acids is 1. The van der Waals surface area contributed by atoms with Crippen LogP contribution in [0.15, 0.2) is 23.3 Å². The molecule has 1 aliphatic heterocycles. The minimum Gasteiger partial charge on any atom is -0.394 e. The van der Waals surface area contributed by atoms with Gasteiger partial charge in [0, 0.05) is 12.8 Å². The average molecular weight is 335 g/mol. The molecular formula is C14H17N5O5. The van der Waals surface area contributed by atoms with E-state index in [1.165, 1.54) is 17.0 Å². The molecule has 10 nitrogen and oxygen atoms in total. The van der Waals surface area contributed by atoms with Crippen molar-refractivity contribution in [2.24, 2.45) is 0 Å². The SMILES string of the molecule is Nc1nc2c(ncn2[C@@]2(C/C=C/C=O)C[C@H](O)[C@@H](CO)O2)c(=O)[nH]1. The summed E-state index contributed by atoms with van der Waals surface area (Å²) in [5.41, 5.74) is 4.23. The fourth-order valence-corrected chi connectivity index (χ4v) is 2.94. The number of aromatic amines is 1. The molecule has 0 aromatic carbocycles. The summed E-state index contributed by atoms with van der Waals surface area (Å²) < 4.78 is 7.35. The average Bonchev–Trinajstić information content (AvgIpc) is 3.09. The van der Waals surface area contributed by atoms with Crippen LogP contribution in [0.1, 0.15) is 12.8 Å². The van der Waals surface area contributed by atoms with Gasteiger partial charge in [0.15, 0.2) is 16.9 Å². The summed E-state index contributed by atoms with van der Waals surface area (Å²) in [7, 11) is 0. The van der Waals surface area contributed by atoms with Crippen molar-refractivity contribution in [2.45, 2.75) is 30.8 Å². The van der Waals surface area contributed by atoms with E-state index in [1.807, 2.05) is 0 Å². The largest absolute Gasteiger partial charge is 0.394 e. The van der Waals surface area contributed by atoms with Crippen molar-refractivity contribution in [3.8, 4) is 0 Å². The van der Waals surface area contributed by atoms with E-state index in [0.717, 1.165) is 0 Å². The molecule has 1 fully saturated rings. The van der Waals surface area contributed by atoms with Crippen LogP contribution in [0.25, 0.3) is 11.2 Å². The van der Waals surface area contributed by atoms with Crippen LogP contribution in [0.5, 0.6) is 0 Å². The maximum absolute atomic E-state index is 11.9. The molecule has 0 amide bonds. The number of fused-ring (bicyclic) bond motifs is 1. The summed E-state index contributed by atoms with van der Waals surface area (Å²) in [6.45, 7) is -0.372. The van der Waals surface area contributed by atoms with Gasteiger partial charge in [0.2, 0.25) is 5.95 Å². The van der Waals surface area contributed by atoms with Crippen LogP contribution in [0.4, 0.5) is 5.95 Å². The van der Waals surface area contributed by atoms with Gasteiger partial charge in [-0.3, -0.25) is 19.1 Å². The number of ether oxygens (including phenoxy) is 1. The van der Waals surface area contributed by atoms with Crippen molar-refractivity contribution in [3.05, 3.63) is 28.8 Å². The molecule has 5 N–H and O–H groups in total. The van der Waals surface area contributed by atoms with Crippen LogP contribution in [0.2, 0.25) is 0 Å².